The molecule has 0 aromatic carbocycles. The Morgan fingerprint density at radius 2 is 2.24 bits per heavy atom. The van der Waals surface area contributed by atoms with E-state index in [1.165, 1.54) is 0 Å². The molecule has 1 aliphatic heterocycles. The largest absolute Gasteiger partial charge is 0.481 e. The van der Waals surface area contributed by atoms with Crippen LogP contribution in [0.5, 0.6) is 0 Å². The van der Waals surface area contributed by atoms with Gasteiger partial charge in [0.05, 0.1) is 17.9 Å². The minimum Gasteiger partial charge on any atom is -0.481 e. The van der Waals surface area contributed by atoms with Gasteiger partial charge < -0.3 is 15.2 Å². The number of ether oxygens (including phenoxy) is 1. The maximum absolute atomic E-state index is 11.8. The molecule has 1 fully saturated rings. The van der Waals surface area contributed by atoms with Crippen molar-refractivity contribution in [1.29, 1.82) is 0 Å². The van der Waals surface area contributed by atoms with Crippen LogP contribution in [-0.4, -0.2) is 36.7 Å². The third-order valence-corrected chi connectivity index (χ3v) is 3.48. The number of hydrogen-bond acceptors (Lipinski definition) is 3. The van der Waals surface area contributed by atoms with E-state index in [9.17, 15) is 9.59 Å². The van der Waals surface area contributed by atoms with Crippen molar-refractivity contribution < 1.29 is 19.4 Å². The fourth-order valence-electron chi connectivity index (χ4n) is 1.73. The topological polar surface area (TPSA) is 75.6 Å². The van der Waals surface area contributed by atoms with Crippen molar-refractivity contribution in [3.8, 4) is 0 Å². The van der Waals surface area contributed by atoms with Crippen molar-refractivity contribution in [2.24, 2.45) is 11.3 Å². The number of amides is 1. The van der Waals surface area contributed by atoms with E-state index in [-0.39, 0.29) is 18.4 Å². The molecule has 0 bridgehead atoms. The van der Waals surface area contributed by atoms with Crippen molar-refractivity contribution in [3.63, 3.8) is 0 Å². The van der Waals surface area contributed by atoms with Crippen LogP contribution < -0.4 is 5.32 Å². The number of carboxylic acids is 1. The second kappa shape index (κ2) is 6.00. The van der Waals surface area contributed by atoms with Crippen molar-refractivity contribution >= 4 is 11.9 Å². The molecule has 2 unspecified atom stereocenters. The fraction of sp³-hybridized carbons (Fsp3) is 0.833. The standard InChI is InChI=1S/C12H21NO4/c1-3-12(2,11(15)16)8-13-10(14)9-5-4-6-17-7-9/h9H,3-8H2,1-2H3,(H,13,14)(H,15,16). The summed E-state index contributed by atoms with van der Waals surface area (Å²) in [6.45, 7) is 4.79. The molecule has 1 amide bonds. The molecule has 0 saturated carbocycles. The zero-order chi connectivity index (χ0) is 12.9. The van der Waals surface area contributed by atoms with Crippen LogP contribution in [-0.2, 0) is 14.3 Å². The summed E-state index contributed by atoms with van der Waals surface area (Å²) >= 11 is 0. The molecule has 98 valence electrons. The molecule has 5 nitrogen and oxygen atoms in total. The van der Waals surface area contributed by atoms with Gasteiger partial charge in [0.15, 0.2) is 0 Å². The number of nitrogens with one attached hydrogen (secondary N) is 1. The highest BCUT2D eigenvalue weighted by atomic mass is 16.5. The maximum atomic E-state index is 11.8. The zero-order valence-electron chi connectivity index (χ0n) is 10.5. The van der Waals surface area contributed by atoms with Gasteiger partial charge in [-0.15, -0.1) is 0 Å². The Balaban J connectivity index is 2.43. The van der Waals surface area contributed by atoms with E-state index in [1.807, 2.05) is 6.92 Å². The maximum Gasteiger partial charge on any atom is 0.311 e. The summed E-state index contributed by atoms with van der Waals surface area (Å²) in [4.78, 5) is 22.9. The lowest BCUT2D eigenvalue weighted by Crippen LogP contribution is -2.44. The molecule has 1 heterocycles. The van der Waals surface area contributed by atoms with Gasteiger partial charge in [-0.2, -0.15) is 0 Å². The predicted octanol–water partition coefficient (Wildman–Crippen LogP) is 1.03. The Morgan fingerprint density at radius 3 is 2.71 bits per heavy atom. The van der Waals surface area contributed by atoms with Crippen molar-refractivity contribution in [3.05, 3.63) is 0 Å². The third kappa shape index (κ3) is 3.70. The normalized spacial score (nSPS) is 23.8. The monoisotopic (exact) mass is 243 g/mol. The minimum atomic E-state index is -0.884. The molecular formula is C12H21NO4. The molecule has 17 heavy (non-hydrogen) atoms. The van der Waals surface area contributed by atoms with Crippen LogP contribution in [0, 0.1) is 11.3 Å². The number of hydrogen-bond donors (Lipinski definition) is 2. The van der Waals surface area contributed by atoms with E-state index in [2.05, 4.69) is 5.32 Å². The van der Waals surface area contributed by atoms with Crippen LogP contribution in [0.15, 0.2) is 0 Å². The summed E-state index contributed by atoms with van der Waals surface area (Å²) < 4.78 is 5.23. The second-order valence-corrected chi connectivity index (χ2v) is 4.85. The summed E-state index contributed by atoms with van der Waals surface area (Å²) in [7, 11) is 0. The first-order valence-corrected chi connectivity index (χ1v) is 6.08. The average Bonchev–Trinajstić information content (AvgIpc) is 2.36. The van der Waals surface area contributed by atoms with Crippen molar-refractivity contribution in [2.45, 2.75) is 33.1 Å². The van der Waals surface area contributed by atoms with Gasteiger partial charge in [0.1, 0.15) is 0 Å². The molecular weight excluding hydrogens is 222 g/mol. The lowest BCUT2D eigenvalue weighted by atomic mass is 9.87. The summed E-state index contributed by atoms with van der Waals surface area (Å²) in [5.41, 5.74) is -0.884. The molecule has 1 saturated heterocycles. The lowest BCUT2D eigenvalue weighted by molar-refractivity contribution is -0.148. The quantitative estimate of drug-likeness (QED) is 0.756. The van der Waals surface area contributed by atoms with Crippen LogP contribution in [0.1, 0.15) is 33.1 Å². The molecule has 1 aliphatic rings. The molecule has 0 aromatic rings. The van der Waals surface area contributed by atoms with Crippen LogP contribution in [0.2, 0.25) is 0 Å². The van der Waals surface area contributed by atoms with E-state index in [0.717, 1.165) is 12.8 Å². The molecule has 0 radical (unpaired) electrons. The molecule has 0 aliphatic carbocycles. The highest BCUT2D eigenvalue weighted by molar-refractivity contribution is 5.80. The number of carbonyl (C=O) groups is 2. The first kappa shape index (κ1) is 14.0. The van der Waals surface area contributed by atoms with Gasteiger partial charge in [-0.3, -0.25) is 9.59 Å². The van der Waals surface area contributed by atoms with Gasteiger partial charge in [-0.25, -0.2) is 0 Å². The van der Waals surface area contributed by atoms with E-state index in [4.69, 9.17) is 9.84 Å². The van der Waals surface area contributed by atoms with Crippen LogP contribution in [0.4, 0.5) is 0 Å². The molecule has 5 heteroatoms. The summed E-state index contributed by atoms with van der Waals surface area (Å²) in [6.07, 6.45) is 2.20. The average molecular weight is 243 g/mol. The van der Waals surface area contributed by atoms with Gasteiger partial charge in [0.25, 0.3) is 0 Å². The van der Waals surface area contributed by atoms with Gasteiger partial charge in [-0.1, -0.05) is 6.92 Å². The molecule has 2 N–H and O–H groups in total. The number of carboxylic acid groups (broad SMARTS) is 1. The first-order chi connectivity index (χ1) is 7.99. The van der Waals surface area contributed by atoms with Crippen LogP contribution in [0.3, 0.4) is 0 Å². The Labute approximate surface area is 102 Å². The highest BCUT2D eigenvalue weighted by Gasteiger charge is 2.32. The van der Waals surface area contributed by atoms with Crippen LogP contribution in [0.25, 0.3) is 0 Å². The molecule has 0 spiro atoms. The number of carbonyl (C=O) groups excluding carboxylic acids is 1. The van der Waals surface area contributed by atoms with Gasteiger partial charge in [0.2, 0.25) is 5.91 Å². The van der Waals surface area contributed by atoms with E-state index in [0.29, 0.717) is 19.6 Å². The fourth-order valence-corrected chi connectivity index (χ4v) is 1.73. The SMILES string of the molecule is CCC(C)(CNC(=O)C1CCCOC1)C(=O)O. The van der Waals surface area contributed by atoms with Crippen molar-refractivity contribution in [2.75, 3.05) is 19.8 Å². The molecule has 0 aromatic heterocycles. The Hall–Kier alpha value is -1.10. The minimum absolute atomic E-state index is 0.0920. The predicted molar refractivity (Wildman–Crippen MR) is 62.6 cm³/mol. The lowest BCUT2D eigenvalue weighted by Gasteiger charge is -2.26. The Morgan fingerprint density at radius 1 is 1.53 bits per heavy atom. The second-order valence-electron chi connectivity index (χ2n) is 4.85. The van der Waals surface area contributed by atoms with Crippen LogP contribution >= 0.6 is 0 Å². The third-order valence-electron chi connectivity index (χ3n) is 3.48. The Kier molecular flexibility index (Phi) is 4.93. The van der Waals surface area contributed by atoms with Crippen molar-refractivity contribution in [1.82, 2.24) is 5.32 Å². The molecule has 1 rings (SSSR count). The van der Waals surface area contributed by atoms with Gasteiger partial charge in [-0.05, 0) is 26.2 Å². The zero-order valence-corrected chi connectivity index (χ0v) is 10.5. The number of aliphatic carboxylic acids is 1. The summed E-state index contributed by atoms with van der Waals surface area (Å²) in [6, 6.07) is 0. The first-order valence-electron chi connectivity index (χ1n) is 6.08. The van der Waals surface area contributed by atoms with Gasteiger partial charge >= 0.3 is 5.97 Å². The summed E-state index contributed by atoms with van der Waals surface area (Å²) in [5.74, 6) is -1.09. The highest BCUT2D eigenvalue weighted by Crippen LogP contribution is 2.20. The smallest absolute Gasteiger partial charge is 0.311 e. The number of rotatable bonds is 5. The molecule has 2 atom stereocenters. The van der Waals surface area contributed by atoms with E-state index >= 15 is 0 Å². The Bertz CT molecular complexity index is 286. The van der Waals surface area contributed by atoms with E-state index in [1.54, 1.807) is 6.92 Å². The van der Waals surface area contributed by atoms with E-state index < -0.39 is 11.4 Å². The summed E-state index contributed by atoms with van der Waals surface area (Å²) in [5, 5.41) is 11.8. The van der Waals surface area contributed by atoms with Gasteiger partial charge in [0, 0.05) is 13.2 Å².